The molecule has 1 aliphatic rings. The summed E-state index contributed by atoms with van der Waals surface area (Å²) in [6.45, 7) is 10.7. The molecular weight excluding hydrogens is 220 g/mol. The lowest BCUT2D eigenvalue weighted by Gasteiger charge is -2.37. The highest BCUT2D eigenvalue weighted by Gasteiger charge is 2.18. The molecule has 18 heavy (non-hydrogen) atoms. The lowest BCUT2D eigenvalue weighted by atomic mass is 10.0. The van der Waals surface area contributed by atoms with Gasteiger partial charge in [-0.25, -0.2) is 0 Å². The summed E-state index contributed by atoms with van der Waals surface area (Å²) in [5, 5.41) is 0. The second kappa shape index (κ2) is 6.79. The largest absolute Gasteiger partial charge is 0.369 e. The van der Waals surface area contributed by atoms with E-state index in [0.717, 1.165) is 5.92 Å². The molecule has 1 saturated heterocycles. The molecular formula is C16H26N2. The van der Waals surface area contributed by atoms with E-state index in [-0.39, 0.29) is 0 Å². The van der Waals surface area contributed by atoms with Gasteiger partial charge in [-0.1, -0.05) is 44.9 Å². The molecule has 0 unspecified atom stereocenters. The average Bonchev–Trinajstić information content (AvgIpc) is 2.46. The summed E-state index contributed by atoms with van der Waals surface area (Å²) in [5.41, 5.74) is 1.37. The average molecular weight is 246 g/mol. The highest BCUT2D eigenvalue weighted by atomic mass is 15.3. The number of anilines is 1. The molecule has 0 saturated carbocycles. The molecule has 100 valence electrons. The van der Waals surface area contributed by atoms with E-state index in [9.17, 15) is 0 Å². The number of nitrogens with zero attached hydrogens (tertiary/aromatic N) is 2. The van der Waals surface area contributed by atoms with Gasteiger partial charge in [-0.3, -0.25) is 4.90 Å². The lowest BCUT2D eigenvalue weighted by Crippen LogP contribution is -2.47. The van der Waals surface area contributed by atoms with Crippen molar-refractivity contribution < 1.29 is 0 Å². The van der Waals surface area contributed by atoms with E-state index in [1.54, 1.807) is 0 Å². The topological polar surface area (TPSA) is 6.48 Å². The fraction of sp³-hybridized carbons (Fsp3) is 0.625. The molecule has 2 nitrogen and oxygen atoms in total. The second-order valence-electron chi connectivity index (χ2n) is 5.31. The van der Waals surface area contributed by atoms with Crippen molar-refractivity contribution in [2.75, 3.05) is 37.6 Å². The van der Waals surface area contributed by atoms with E-state index >= 15 is 0 Å². The van der Waals surface area contributed by atoms with Crippen molar-refractivity contribution in [1.29, 1.82) is 0 Å². The lowest BCUT2D eigenvalue weighted by molar-refractivity contribution is 0.212. The van der Waals surface area contributed by atoms with Crippen LogP contribution in [0, 0.1) is 5.92 Å². The van der Waals surface area contributed by atoms with Gasteiger partial charge in [0.05, 0.1) is 0 Å². The van der Waals surface area contributed by atoms with E-state index in [1.807, 2.05) is 0 Å². The zero-order chi connectivity index (χ0) is 12.8. The summed E-state index contributed by atoms with van der Waals surface area (Å²) in [4.78, 5) is 5.14. The number of piperazine rings is 1. The van der Waals surface area contributed by atoms with Gasteiger partial charge < -0.3 is 4.90 Å². The van der Waals surface area contributed by atoms with Crippen molar-refractivity contribution in [3.05, 3.63) is 30.3 Å². The Hall–Kier alpha value is -1.02. The molecule has 2 heteroatoms. The third-order valence-corrected chi connectivity index (χ3v) is 4.16. The summed E-state index contributed by atoms with van der Waals surface area (Å²) >= 11 is 0. The van der Waals surface area contributed by atoms with E-state index in [2.05, 4.69) is 54.0 Å². The van der Waals surface area contributed by atoms with Gasteiger partial charge in [0, 0.05) is 38.4 Å². The number of para-hydroxylation sites is 1. The van der Waals surface area contributed by atoms with E-state index in [4.69, 9.17) is 0 Å². The Morgan fingerprint density at radius 3 is 2.11 bits per heavy atom. The van der Waals surface area contributed by atoms with Crippen LogP contribution in [0.2, 0.25) is 0 Å². The molecule has 1 aliphatic heterocycles. The number of rotatable bonds is 5. The molecule has 0 atom stereocenters. The quantitative estimate of drug-likeness (QED) is 0.787. The molecule has 2 rings (SSSR count). The first-order chi connectivity index (χ1) is 8.83. The van der Waals surface area contributed by atoms with Gasteiger partial charge in [-0.2, -0.15) is 0 Å². The molecule has 0 bridgehead atoms. The van der Waals surface area contributed by atoms with Crippen LogP contribution in [0.5, 0.6) is 0 Å². The molecule has 0 N–H and O–H groups in total. The Morgan fingerprint density at radius 2 is 1.56 bits per heavy atom. The third-order valence-electron chi connectivity index (χ3n) is 4.16. The summed E-state index contributed by atoms with van der Waals surface area (Å²) in [7, 11) is 0. The summed E-state index contributed by atoms with van der Waals surface area (Å²) in [5.74, 6) is 0.883. The highest BCUT2D eigenvalue weighted by molar-refractivity contribution is 5.46. The van der Waals surface area contributed by atoms with Gasteiger partial charge in [0.25, 0.3) is 0 Å². The zero-order valence-corrected chi connectivity index (χ0v) is 11.8. The van der Waals surface area contributed by atoms with E-state index in [1.165, 1.54) is 51.3 Å². The van der Waals surface area contributed by atoms with Crippen LogP contribution in [0.1, 0.15) is 26.7 Å². The van der Waals surface area contributed by atoms with Crippen molar-refractivity contribution in [2.45, 2.75) is 26.7 Å². The molecule has 1 aromatic carbocycles. The van der Waals surface area contributed by atoms with Crippen molar-refractivity contribution in [3.8, 4) is 0 Å². The minimum atomic E-state index is 0.883. The predicted octanol–water partition coefficient (Wildman–Crippen LogP) is 3.24. The SMILES string of the molecule is CCC(CC)CN1CCN(c2ccccc2)CC1. The number of hydrogen-bond donors (Lipinski definition) is 0. The molecule has 1 heterocycles. The van der Waals surface area contributed by atoms with E-state index < -0.39 is 0 Å². The maximum Gasteiger partial charge on any atom is 0.0367 e. The Balaban J connectivity index is 1.81. The summed E-state index contributed by atoms with van der Waals surface area (Å²) < 4.78 is 0. The van der Waals surface area contributed by atoms with Crippen LogP contribution < -0.4 is 4.90 Å². The first kappa shape index (κ1) is 13.4. The van der Waals surface area contributed by atoms with Gasteiger partial charge in [-0.05, 0) is 18.1 Å². The van der Waals surface area contributed by atoms with Crippen molar-refractivity contribution in [3.63, 3.8) is 0 Å². The number of hydrogen-bond acceptors (Lipinski definition) is 2. The van der Waals surface area contributed by atoms with Crippen LogP contribution in [-0.2, 0) is 0 Å². The number of benzene rings is 1. The maximum absolute atomic E-state index is 2.64. The minimum Gasteiger partial charge on any atom is -0.369 e. The monoisotopic (exact) mass is 246 g/mol. The van der Waals surface area contributed by atoms with Crippen molar-refractivity contribution >= 4 is 5.69 Å². The smallest absolute Gasteiger partial charge is 0.0367 e. The van der Waals surface area contributed by atoms with Crippen LogP contribution in [0.15, 0.2) is 30.3 Å². The summed E-state index contributed by atoms with van der Waals surface area (Å²) in [6.07, 6.45) is 2.63. The first-order valence-corrected chi connectivity index (χ1v) is 7.35. The van der Waals surface area contributed by atoms with Crippen LogP contribution >= 0.6 is 0 Å². The fourth-order valence-electron chi connectivity index (χ4n) is 2.74. The Morgan fingerprint density at radius 1 is 0.944 bits per heavy atom. The van der Waals surface area contributed by atoms with Gasteiger partial charge in [0.2, 0.25) is 0 Å². The predicted molar refractivity (Wildman–Crippen MR) is 79.2 cm³/mol. The summed E-state index contributed by atoms with van der Waals surface area (Å²) in [6, 6.07) is 10.8. The first-order valence-electron chi connectivity index (χ1n) is 7.35. The fourth-order valence-corrected chi connectivity index (χ4v) is 2.74. The Bertz CT molecular complexity index is 324. The van der Waals surface area contributed by atoms with Crippen LogP contribution in [-0.4, -0.2) is 37.6 Å². The Labute approximate surface area is 112 Å². The maximum atomic E-state index is 2.64. The minimum absolute atomic E-state index is 0.883. The zero-order valence-electron chi connectivity index (χ0n) is 11.8. The van der Waals surface area contributed by atoms with Crippen LogP contribution in [0.4, 0.5) is 5.69 Å². The molecule has 0 spiro atoms. The third kappa shape index (κ3) is 3.49. The molecule has 0 amide bonds. The van der Waals surface area contributed by atoms with Gasteiger partial charge in [0.15, 0.2) is 0 Å². The highest BCUT2D eigenvalue weighted by Crippen LogP contribution is 2.17. The van der Waals surface area contributed by atoms with Crippen LogP contribution in [0.3, 0.4) is 0 Å². The van der Waals surface area contributed by atoms with Gasteiger partial charge in [0.1, 0.15) is 0 Å². The molecule has 1 aromatic rings. The molecule has 0 radical (unpaired) electrons. The van der Waals surface area contributed by atoms with E-state index in [0.29, 0.717) is 0 Å². The van der Waals surface area contributed by atoms with Crippen molar-refractivity contribution in [1.82, 2.24) is 4.90 Å². The molecule has 1 fully saturated rings. The standard InChI is InChI=1S/C16H26N2/c1-3-15(4-2)14-17-10-12-18(13-11-17)16-8-6-5-7-9-16/h5-9,15H,3-4,10-14H2,1-2H3. The Kier molecular flexibility index (Phi) is 5.06. The van der Waals surface area contributed by atoms with Crippen LogP contribution in [0.25, 0.3) is 0 Å². The normalized spacial score (nSPS) is 17.4. The molecule has 0 aromatic heterocycles. The van der Waals surface area contributed by atoms with Gasteiger partial charge >= 0.3 is 0 Å². The van der Waals surface area contributed by atoms with Gasteiger partial charge in [-0.15, -0.1) is 0 Å². The molecule has 0 aliphatic carbocycles. The van der Waals surface area contributed by atoms with Crippen molar-refractivity contribution in [2.24, 2.45) is 5.92 Å². The second-order valence-corrected chi connectivity index (χ2v) is 5.31.